The van der Waals surface area contributed by atoms with E-state index >= 15 is 0 Å². The molecule has 1 N–H and O–H groups in total. The zero-order valence-electron chi connectivity index (χ0n) is 11.5. The Bertz CT molecular complexity index is 508. The van der Waals surface area contributed by atoms with Gasteiger partial charge in [-0.15, -0.1) is 8.78 Å². The Hall–Kier alpha value is -1.56. The molecule has 3 rings (SSSR count). The molecule has 0 aliphatic carbocycles. The fraction of sp³-hybridized carbons (Fsp3) is 0.571. The first-order valence-corrected chi connectivity index (χ1v) is 6.84. The van der Waals surface area contributed by atoms with Crippen molar-refractivity contribution in [3.63, 3.8) is 0 Å². The number of nitrogens with zero attached hydrogens (tertiary/aromatic N) is 1. The summed E-state index contributed by atoms with van der Waals surface area (Å²) in [6, 6.07) is 5.82. The molecule has 110 valence electrons. The molecule has 0 bridgehead atoms. The summed E-state index contributed by atoms with van der Waals surface area (Å²) in [5.41, 5.74) is 0.887. The second-order valence-corrected chi connectivity index (χ2v) is 5.55. The molecule has 1 fully saturated rings. The van der Waals surface area contributed by atoms with Gasteiger partial charge in [0, 0.05) is 36.9 Å². The quantitative estimate of drug-likeness (QED) is 0.925. The molecule has 2 heterocycles. The molecule has 1 aromatic rings. The van der Waals surface area contributed by atoms with E-state index in [-0.39, 0.29) is 11.5 Å². The third kappa shape index (κ3) is 2.65. The minimum atomic E-state index is -3.55. The van der Waals surface area contributed by atoms with Crippen LogP contribution in [-0.4, -0.2) is 31.5 Å². The number of benzene rings is 1. The molecule has 0 amide bonds. The van der Waals surface area contributed by atoms with Gasteiger partial charge in [0.2, 0.25) is 0 Å². The van der Waals surface area contributed by atoms with E-state index in [2.05, 4.69) is 33.5 Å². The lowest BCUT2D eigenvalue weighted by atomic mass is 10.2. The molecule has 1 unspecified atom stereocenters. The number of hydrogen-bond acceptors (Lipinski definition) is 4. The number of ether oxygens (including phenoxy) is 2. The normalized spacial score (nSPS) is 23.6. The molecule has 1 aromatic carbocycles. The predicted octanol–water partition coefficient (Wildman–Crippen LogP) is 2.58. The zero-order chi connectivity index (χ0) is 14.3. The van der Waals surface area contributed by atoms with Crippen LogP contribution in [0, 0.1) is 0 Å². The molecular weight excluding hydrogens is 266 g/mol. The molecule has 4 nitrogen and oxygen atoms in total. The lowest BCUT2D eigenvalue weighted by Gasteiger charge is -2.20. The van der Waals surface area contributed by atoms with Gasteiger partial charge in [-0.1, -0.05) is 13.8 Å². The Morgan fingerprint density at radius 2 is 2.05 bits per heavy atom. The van der Waals surface area contributed by atoms with Crippen molar-refractivity contribution in [1.29, 1.82) is 0 Å². The van der Waals surface area contributed by atoms with Gasteiger partial charge >= 0.3 is 6.29 Å². The van der Waals surface area contributed by atoms with E-state index in [0.717, 1.165) is 25.2 Å². The van der Waals surface area contributed by atoms with Crippen molar-refractivity contribution in [3.05, 3.63) is 18.2 Å². The molecule has 1 atom stereocenters. The molecule has 0 aromatic heterocycles. The lowest BCUT2D eigenvalue weighted by Crippen LogP contribution is -2.36. The third-order valence-corrected chi connectivity index (χ3v) is 3.51. The van der Waals surface area contributed by atoms with Gasteiger partial charge < -0.3 is 19.7 Å². The van der Waals surface area contributed by atoms with Crippen LogP contribution in [0.3, 0.4) is 0 Å². The Morgan fingerprint density at radius 1 is 1.30 bits per heavy atom. The Morgan fingerprint density at radius 3 is 2.80 bits per heavy atom. The van der Waals surface area contributed by atoms with Crippen LogP contribution < -0.4 is 19.7 Å². The van der Waals surface area contributed by atoms with Crippen LogP contribution in [0.4, 0.5) is 14.5 Å². The van der Waals surface area contributed by atoms with E-state index in [1.54, 1.807) is 12.1 Å². The number of fused-ring (bicyclic) bond motifs is 1. The minimum absolute atomic E-state index is 0.0924. The summed E-state index contributed by atoms with van der Waals surface area (Å²) < 4.78 is 34.9. The average molecular weight is 284 g/mol. The Balaban J connectivity index is 1.71. The molecule has 0 saturated carbocycles. The fourth-order valence-electron chi connectivity index (χ4n) is 2.74. The highest BCUT2D eigenvalue weighted by Crippen LogP contribution is 2.43. The molecular formula is C14H18F2N2O2. The van der Waals surface area contributed by atoms with Crippen LogP contribution in [0.5, 0.6) is 11.5 Å². The van der Waals surface area contributed by atoms with Crippen molar-refractivity contribution >= 4 is 5.69 Å². The maximum Gasteiger partial charge on any atom is 0.586 e. The van der Waals surface area contributed by atoms with E-state index in [9.17, 15) is 8.78 Å². The Kier molecular flexibility index (Phi) is 3.20. The lowest BCUT2D eigenvalue weighted by molar-refractivity contribution is -0.286. The van der Waals surface area contributed by atoms with Gasteiger partial charge in [0.05, 0.1) is 0 Å². The Labute approximate surface area is 116 Å². The number of halogens is 2. The second-order valence-electron chi connectivity index (χ2n) is 5.55. The SMILES string of the molecule is CC(C)NC1CCN(c2ccc3c(c2)OC(F)(F)O3)C1. The summed E-state index contributed by atoms with van der Waals surface area (Å²) >= 11 is 0. The van der Waals surface area contributed by atoms with E-state index in [4.69, 9.17) is 0 Å². The van der Waals surface area contributed by atoms with Crippen LogP contribution in [-0.2, 0) is 0 Å². The predicted molar refractivity (Wildman–Crippen MR) is 71.5 cm³/mol. The van der Waals surface area contributed by atoms with Crippen LogP contribution in [0.15, 0.2) is 18.2 Å². The van der Waals surface area contributed by atoms with E-state index < -0.39 is 6.29 Å². The molecule has 0 radical (unpaired) electrons. The van der Waals surface area contributed by atoms with Crippen LogP contribution in [0.2, 0.25) is 0 Å². The molecule has 1 saturated heterocycles. The third-order valence-electron chi connectivity index (χ3n) is 3.51. The molecule has 6 heteroatoms. The van der Waals surface area contributed by atoms with Crippen LogP contribution >= 0.6 is 0 Å². The second kappa shape index (κ2) is 4.77. The summed E-state index contributed by atoms with van der Waals surface area (Å²) in [5, 5.41) is 3.49. The summed E-state index contributed by atoms with van der Waals surface area (Å²) in [6.45, 7) is 6.01. The van der Waals surface area contributed by atoms with Gasteiger partial charge in [0.15, 0.2) is 11.5 Å². The van der Waals surface area contributed by atoms with Gasteiger partial charge in [0.25, 0.3) is 0 Å². The maximum atomic E-state index is 13.0. The number of rotatable bonds is 3. The summed E-state index contributed by atoms with van der Waals surface area (Å²) in [7, 11) is 0. The smallest absolute Gasteiger partial charge is 0.395 e. The highest BCUT2D eigenvalue weighted by Gasteiger charge is 2.43. The first-order chi connectivity index (χ1) is 9.43. The van der Waals surface area contributed by atoms with Crippen molar-refractivity contribution in [1.82, 2.24) is 5.32 Å². The first kappa shape index (κ1) is 13.4. The average Bonchev–Trinajstić information content (AvgIpc) is 2.89. The van der Waals surface area contributed by atoms with Gasteiger partial charge in [-0.2, -0.15) is 0 Å². The van der Waals surface area contributed by atoms with Crippen LogP contribution in [0.25, 0.3) is 0 Å². The summed E-state index contributed by atoms with van der Waals surface area (Å²) in [6.07, 6.45) is -2.50. The van der Waals surface area contributed by atoms with Gasteiger partial charge in [0.1, 0.15) is 0 Å². The number of nitrogens with one attached hydrogen (secondary N) is 1. The molecule has 2 aliphatic rings. The number of anilines is 1. The fourth-order valence-corrected chi connectivity index (χ4v) is 2.74. The van der Waals surface area contributed by atoms with Crippen molar-refractivity contribution in [2.75, 3.05) is 18.0 Å². The summed E-state index contributed by atoms with van der Waals surface area (Å²) in [4.78, 5) is 2.17. The highest BCUT2D eigenvalue weighted by atomic mass is 19.3. The molecule has 2 aliphatic heterocycles. The zero-order valence-corrected chi connectivity index (χ0v) is 11.5. The summed E-state index contributed by atoms with van der Waals surface area (Å²) in [5.74, 6) is 0.197. The van der Waals surface area contributed by atoms with Crippen LogP contribution in [0.1, 0.15) is 20.3 Å². The highest BCUT2D eigenvalue weighted by molar-refractivity contribution is 5.58. The largest absolute Gasteiger partial charge is 0.586 e. The first-order valence-electron chi connectivity index (χ1n) is 6.84. The number of alkyl halides is 2. The number of hydrogen-bond donors (Lipinski definition) is 1. The van der Waals surface area contributed by atoms with Gasteiger partial charge in [-0.05, 0) is 18.6 Å². The monoisotopic (exact) mass is 284 g/mol. The van der Waals surface area contributed by atoms with Crippen molar-refractivity contribution in [3.8, 4) is 11.5 Å². The minimum Gasteiger partial charge on any atom is -0.395 e. The molecule has 20 heavy (non-hydrogen) atoms. The van der Waals surface area contributed by atoms with E-state index in [1.165, 1.54) is 6.07 Å². The van der Waals surface area contributed by atoms with Crippen molar-refractivity contribution in [2.24, 2.45) is 0 Å². The maximum absolute atomic E-state index is 13.0. The topological polar surface area (TPSA) is 33.7 Å². The van der Waals surface area contributed by atoms with E-state index in [0.29, 0.717) is 12.1 Å². The van der Waals surface area contributed by atoms with Crippen molar-refractivity contribution in [2.45, 2.75) is 38.6 Å². The van der Waals surface area contributed by atoms with Gasteiger partial charge in [-0.25, -0.2) is 0 Å². The van der Waals surface area contributed by atoms with E-state index in [1.807, 2.05) is 0 Å². The standard InChI is InChI=1S/C14H18F2N2O2/c1-9(2)17-10-5-6-18(8-10)11-3-4-12-13(7-11)20-14(15,16)19-12/h3-4,7,9-10,17H,5-6,8H2,1-2H3. The van der Waals surface area contributed by atoms with Crippen molar-refractivity contribution < 1.29 is 18.3 Å². The molecule has 0 spiro atoms. The van der Waals surface area contributed by atoms with Gasteiger partial charge in [-0.3, -0.25) is 0 Å².